The zero-order valence-corrected chi connectivity index (χ0v) is 11.6. The van der Waals surface area contributed by atoms with Crippen LogP contribution in [0.5, 0.6) is 11.6 Å². The molecule has 7 nitrogen and oxygen atoms in total. The van der Waals surface area contributed by atoms with Gasteiger partial charge in [-0.05, 0) is 18.2 Å². The van der Waals surface area contributed by atoms with Crippen LogP contribution in [0.2, 0.25) is 10.0 Å². The molecule has 0 aliphatic carbocycles. The van der Waals surface area contributed by atoms with Gasteiger partial charge in [0.05, 0.1) is 4.92 Å². The van der Waals surface area contributed by atoms with Crippen molar-refractivity contribution in [2.45, 2.75) is 0 Å². The monoisotopic (exact) mass is 328 g/mol. The molecule has 0 aliphatic rings. The van der Waals surface area contributed by atoms with E-state index in [2.05, 4.69) is 4.98 Å². The third-order valence-corrected chi connectivity index (χ3v) is 2.76. The van der Waals surface area contributed by atoms with Crippen LogP contribution in [0, 0.1) is 10.1 Å². The molecule has 0 radical (unpaired) electrons. The quantitative estimate of drug-likeness (QED) is 0.676. The van der Waals surface area contributed by atoms with Gasteiger partial charge in [-0.2, -0.15) is 0 Å². The van der Waals surface area contributed by atoms with E-state index in [9.17, 15) is 14.9 Å². The summed E-state index contributed by atoms with van der Waals surface area (Å²) in [6, 6.07) is 5.14. The summed E-state index contributed by atoms with van der Waals surface area (Å²) in [7, 11) is 0. The Morgan fingerprint density at radius 3 is 2.38 bits per heavy atom. The van der Waals surface area contributed by atoms with Crippen LogP contribution in [0.25, 0.3) is 0 Å². The molecule has 0 bridgehead atoms. The molecule has 0 saturated heterocycles. The van der Waals surface area contributed by atoms with Gasteiger partial charge in [-0.15, -0.1) is 0 Å². The van der Waals surface area contributed by atoms with E-state index in [-0.39, 0.29) is 21.7 Å². The molecule has 0 unspecified atom stereocenters. The number of carboxylic acid groups (broad SMARTS) is 1. The molecule has 0 saturated carbocycles. The van der Waals surface area contributed by atoms with E-state index in [1.54, 1.807) is 0 Å². The van der Waals surface area contributed by atoms with E-state index in [1.807, 2.05) is 0 Å². The second-order valence-electron chi connectivity index (χ2n) is 3.82. The second kappa shape index (κ2) is 5.94. The molecule has 2 aromatic rings. The summed E-state index contributed by atoms with van der Waals surface area (Å²) in [6.07, 6.45) is 0.897. The first-order valence-electron chi connectivity index (χ1n) is 5.38. The number of carboxylic acids is 1. The molecule has 1 heterocycles. The molecule has 0 fully saturated rings. The van der Waals surface area contributed by atoms with Gasteiger partial charge in [0.2, 0.25) is 5.88 Å². The second-order valence-corrected chi connectivity index (χ2v) is 4.69. The third-order valence-electron chi connectivity index (χ3n) is 2.33. The summed E-state index contributed by atoms with van der Waals surface area (Å²) in [6.45, 7) is 0. The van der Waals surface area contributed by atoms with Crippen LogP contribution in [0.1, 0.15) is 10.4 Å². The summed E-state index contributed by atoms with van der Waals surface area (Å²) in [5.74, 6) is -1.54. The number of ether oxygens (including phenoxy) is 1. The molecule has 1 aromatic heterocycles. The van der Waals surface area contributed by atoms with Gasteiger partial charge in [-0.25, -0.2) is 9.78 Å². The van der Waals surface area contributed by atoms with Crippen molar-refractivity contribution >= 4 is 34.9 Å². The predicted molar refractivity (Wildman–Crippen MR) is 74.4 cm³/mol. The Kier molecular flexibility index (Phi) is 4.25. The number of aromatic nitrogens is 1. The number of nitro groups is 1. The summed E-state index contributed by atoms with van der Waals surface area (Å²) in [5, 5.41) is 20.3. The highest BCUT2D eigenvalue weighted by atomic mass is 35.5. The maximum Gasteiger partial charge on any atom is 0.341 e. The standard InChI is InChI=1S/C12H6Cl2N2O5/c13-6-1-7(14)3-9(2-6)21-11-10(12(17)18)4-8(5-15-11)16(19)20/h1-5H,(H,17,18). The first-order valence-corrected chi connectivity index (χ1v) is 6.14. The number of hydrogen-bond acceptors (Lipinski definition) is 5. The summed E-state index contributed by atoms with van der Waals surface area (Å²) >= 11 is 11.6. The number of rotatable bonds is 4. The van der Waals surface area contributed by atoms with Crippen molar-refractivity contribution < 1.29 is 19.6 Å². The Bertz CT molecular complexity index is 715. The van der Waals surface area contributed by atoms with Gasteiger partial charge in [0.15, 0.2) is 0 Å². The minimum Gasteiger partial charge on any atom is -0.477 e. The van der Waals surface area contributed by atoms with Crippen molar-refractivity contribution in [3.05, 3.63) is 56.2 Å². The first-order chi connectivity index (χ1) is 9.86. The van der Waals surface area contributed by atoms with E-state index in [0.717, 1.165) is 12.3 Å². The number of halogens is 2. The van der Waals surface area contributed by atoms with E-state index in [0.29, 0.717) is 0 Å². The third kappa shape index (κ3) is 3.59. The molecule has 0 amide bonds. The minimum absolute atomic E-state index is 0.163. The highest BCUT2D eigenvalue weighted by Gasteiger charge is 2.19. The Balaban J connectivity index is 2.43. The molecule has 1 aromatic carbocycles. The van der Waals surface area contributed by atoms with Gasteiger partial charge < -0.3 is 9.84 Å². The number of hydrogen-bond donors (Lipinski definition) is 1. The highest BCUT2D eigenvalue weighted by molar-refractivity contribution is 6.34. The largest absolute Gasteiger partial charge is 0.477 e. The molecular formula is C12H6Cl2N2O5. The van der Waals surface area contributed by atoms with Crippen LogP contribution < -0.4 is 4.74 Å². The molecule has 9 heteroatoms. The van der Waals surface area contributed by atoms with Crippen molar-refractivity contribution in [3.8, 4) is 11.6 Å². The van der Waals surface area contributed by atoms with Crippen molar-refractivity contribution in [1.29, 1.82) is 0 Å². The van der Waals surface area contributed by atoms with Gasteiger partial charge in [0.1, 0.15) is 17.5 Å². The first kappa shape index (κ1) is 15.0. The predicted octanol–water partition coefficient (Wildman–Crippen LogP) is 3.79. The fourth-order valence-electron chi connectivity index (χ4n) is 1.47. The van der Waals surface area contributed by atoms with E-state index in [4.69, 9.17) is 33.0 Å². The van der Waals surface area contributed by atoms with Gasteiger partial charge in [0, 0.05) is 16.1 Å². The average Bonchev–Trinajstić information content (AvgIpc) is 2.37. The van der Waals surface area contributed by atoms with Crippen LogP contribution >= 0.6 is 23.2 Å². The average molecular weight is 329 g/mol. The highest BCUT2D eigenvalue weighted by Crippen LogP contribution is 2.30. The van der Waals surface area contributed by atoms with Crippen molar-refractivity contribution in [1.82, 2.24) is 4.98 Å². The lowest BCUT2D eigenvalue weighted by molar-refractivity contribution is -0.385. The molecular weight excluding hydrogens is 323 g/mol. The molecule has 0 spiro atoms. The summed E-state index contributed by atoms with van der Waals surface area (Å²) in [5.41, 5.74) is -0.899. The van der Waals surface area contributed by atoms with Crippen molar-refractivity contribution in [2.24, 2.45) is 0 Å². The van der Waals surface area contributed by atoms with Crippen LogP contribution in [0.4, 0.5) is 5.69 Å². The maximum atomic E-state index is 11.1. The fourth-order valence-corrected chi connectivity index (χ4v) is 1.98. The summed E-state index contributed by atoms with van der Waals surface area (Å²) < 4.78 is 5.28. The van der Waals surface area contributed by atoms with Gasteiger partial charge in [0.25, 0.3) is 5.69 Å². The fraction of sp³-hybridized carbons (Fsp3) is 0. The van der Waals surface area contributed by atoms with Crippen molar-refractivity contribution in [2.75, 3.05) is 0 Å². The van der Waals surface area contributed by atoms with Crippen molar-refractivity contribution in [3.63, 3.8) is 0 Å². The Morgan fingerprint density at radius 1 is 1.24 bits per heavy atom. The Morgan fingerprint density at radius 2 is 1.86 bits per heavy atom. The lowest BCUT2D eigenvalue weighted by Crippen LogP contribution is -2.03. The minimum atomic E-state index is -1.41. The molecule has 108 valence electrons. The molecule has 21 heavy (non-hydrogen) atoms. The van der Waals surface area contributed by atoms with Gasteiger partial charge >= 0.3 is 5.97 Å². The smallest absolute Gasteiger partial charge is 0.341 e. The Labute approximate surface area is 127 Å². The zero-order valence-electron chi connectivity index (χ0n) is 10.1. The van der Waals surface area contributed by atoms with Gasteiger partial charge in [-0.3, -0.25) is 10.1 Å². The lowest BCUT2D eigenvalue weighted by atomic mass is 10.2. The number of carbonyl (C=O) groups is 1. The topological polar surface area (TPSA) is 103 Å². The summed E-state index contributed by atoms with van der Waals surface area (Å²) in [4.78, 5) is 24.7. The normalized spacial score (nSPS) is 10.2. The number of pyridine rings is 1. The van der Waals surface area contributed by atoms with E-state index >= 15 is 0 Å². The number of nitrogens with zero attached hydrogens (tertiary/aromatic N) is 2. The van der Waals surface area contributed by atoms with Gasteiger partial charge in [-0.1, -0.05) is 23.2 Å². The molecule has 2 rings (SSSR count). The molecule has 0 atom stereocenters. The maximum absolute atomic E-state index is 11.1. The zero-order chi connectivity index (χ0) is 15.6. The number of aromatic carboxylic acids is 1. The SMILES string of the molecule is O=C(O)c1cc([N+](=O)[O-])cnc1Oc1cc(Cl)cc(Cl)c1. The van der Waals surface area contributed by atoms with E-state index in [1.165, 1.54) is 18.2 Å². The van der Waals surface area contributed by atoms with Crippen LogP contribution in [-0.2, 0) is 0 Å². The molecule has 0 aliphatic heterocycles. The lowest BCUT2D eigenvalue weighted by Gasteiger charge is -2.08. The van der Waals surface area contributed by atoms with E-state index < -0.39 is 22.1 Å². The number of benzene rings is 1. The molecule has 1 N–H and O–H groups in total. The van der Waals surface area contributed by atoms with Crippen LogP contribution in [-0.4, -0.2) is 21.0 Å². The van der Waals surface area contributed by atoms with Crippen LogP contribution in [0.15, 0.2) is 30.5 Å². The Hall–Kier alpha value is -2.38. The van der Waals surface area contributed by atoms with Crippen LogP contribution in [0.3, 0.4) is 0 Å².